The third-order valence-electron chi connectivity index (χ3n) is 2.91. The molecule has 0 aromatic heterocycles. The number of halogens is 3. The van der Waals surface area contributed by atoms with E-state index in [0.717, 1.165) is 18.6 Å². The number of carbonyl (C=O) groups is 1. The molecule has 17 heavy (non-hydrogen) atoms. The summed E-state index contributed by atoms with van der Waals surface area (Å²) in [5, 5.41) is 2.58. The predicted molar refractivity (Wildman–Crippen MR) is 61.1 cm³/mol. The molecule has 0 radical (unpaired) electrons. The van der Waals surface area contributed by atoms with Crippen LogP contribution in [0.4, 0.5) is 8.78 Å². The van der Waals surface area contributed by atoms with Crippen LogP contribution in [-0.2, 0) is 10.5 Å². The van der Waals surface area contributed by atoms with E-state index in [1.807, 2.05) is 0 Å². The van der Waals surface area contributed by atoms with E-state index in [0.29, 0.717) is 13.0 Å². The number of hydrogen-bond acceptors (Lipinski definition) is 1. The number of amides is 1. The molecule has 0 bridgehead atoms. The van der Waals surface area contributed by atoms with E-state index in [1.54, 1.807) is 0 Å². The summed E-state index contributed by atoms with van der Waals surface area (Å²) in [6.45, 7) is 0.452. The van der Waals surface area contributed by atoms with Crippen molar-refractivity contribution in [1.29, 1.82) is 0 Å². The summed E-state index contributed by atoms with van der Waals surface area (Å²) in [5.74, 6) is -1.35. The third-order valence-corrected chi connectivity index (χ3v) is 3.13. The fraction of sp³-hybridized carbons (Fsp3) is 0.417. The summed E-state index contributed by atoms with van der Waals surface area (Å²) in [6.07, 6.45) is 1.35. The molecule has 0 aliphatic carbocycles. The van der Waals surface area contributed by atoms with E-state index < -0.39 is 17.4 Å². The van der Waals surface area contributed by atoms with E-state index >= 15 is 0 Å². The van der Waals surface area contributed by atoms with Gasteiger partial charge in [0.1, 0.15) is 5.82 Å². The van der Waals surface area contributed by atoms with Crippen LogP contribution in [0.3, 0.4) is 0 Å². The molecule has 1 aromatic rings. The first-order valence-electron chi connectivity index (χ1n) is 5.46. The van der Waals surface area contributed by atoms with E-state index in [-0.39, 0.29) is 17.0 Å². The van der Waals surface area contributed by atoms with Gasteiger partial charge in [0.25, 0.3) is 5.91 Å². The van der Waals surface area contributed by atoms with Crippen molar-refractivity contribution in [2.24, 2.45) is 0 Å². The number of alkyl halides is 1. The summed E-state index contributed by atoms with van der Waals surface area (Å²) in [4.78, 5) is 11.7. The standard InChI is InChI=1S/C12H12ClF2NO/c13-9-5-8(6-10(14)7-9)12(15)3-1-2-4-16-11(12)17/h5-7H,1-4H2,(H,16,17). The van der Waals surface area contributed by atoms with Crippen molar-refractivity contribution in [3.63, 3.8) is 0 Å². The molecule has 92 valence electrons. The van der Waals surface area contributed by atoms with Gasteiger partial charge in [-0.2, -0.15) is 0 Å². The third kappa shape index (κ3) is 2.41. The maximum atomic E-state index is 14.7. The Balaban J connectivity index is 2.44. The molecule has 1 atom stereocenters. The lowest BCUT2D eigenvalue weighted by molar-refractivity contribution is -0.133. The van der Waals surface area contributed by atoms with Gasteiger partial charge in [-0.25, -0.2) is 8.78 Å². The Morgan fingerprint density at radius 1 is 1.29 bits per heavy atom. The van der Waals surface area contributed by atoms with Crippen LogP contribution in [-0.4, -0.2) is 12.5 Å². The average molecular weight is 260 g/mol. The quantitative estimate of drug-likeness (QED) is 0.825. The van der Waals surface area contributed by atoms with Crippen molar-refractivity contribution >= 4 is 17.5 Å². The molecule has 2 nitrogen and oxygen atoms in total. The van der Waals surface area contributed by atoms with E-state index in [4.69, 9.17) is 11.6 Å². The molecule has 1 saturated heterocycles. The molecule has 5 heteroatoms. The maximum absolute atomic E-state index is 14.7. The van der Waals surface area contributed by atoms with Gasteiger partial charge in [-0.05, 0) is 37.5 Å². The van der Waals surface area contributed by atoms with Gasteiger partial charge in [0.15, 0.2) is 0 Å². The number of hydrogen-bond donors (Lipinski definition) is 1. The Bertz CT molecular complexity index is 432. The Kier molecular flexibility index (Phi) is 3.33. The van der Waals surface area contributed by atoms with Crippen molar-refractivity contribution in [3.05, 3.63) is 34.6 Å². The van der Waals surface area contributed by atoms with Gasteiger partial charge in [-0.3, -0.25) is 4.79 Å². The molecular weight excluding hydrogens is 248 g/mol. The molecule has 1 amide bonds. The van der Waals surface area contributed by atoms with Gasteiger partial charge in [-0.1, -0.05) is 11.6 Å². The molecule has 1 aromatic carbocycles. The highest BCUT2D eigenvalue weighted by Crippen LogP contribution is 2.35. The molecule has 1 aliphatic heterocycles. The van der Waals surface area contributed by atoms with Gasteiger partial charge < -0.3 is 5.32 Å². The SMILES string of the molecule is O=C1NCCCCC1(F)c1cc(F)cc(Cl)c1. The van der Waals surface area contributed by atoms with Crippen LogP contribution in [0.2, 0.25) is 5.02 Å². The Labute approximate surface area is 103 Å². The van der Waals surface area contributed by atoms with Crippen LogP contribution in [0.15, 0.2) is 18.2 Å². The summed E-state index contributed by atoms with van der Waals surface area (Å²) in [5.41, 5.74) is -2.19. The Morgan fingerprint density at radius 3 is 2.76 bits per heavy atom. The van der Waals surface area contributed by atoms with Crippen LogP contribution >= 0.6 is 11.6 Å². The van der Waals surface area contributed by atoms with Crippen LogP contribution < -0.4 is 5.32 Å². The van der Waals surface area contributed by atoms with Gasteiger partial charge in [0.2, 0.25) is 5.67 Å². The number of rotatable bonds is 1. The Morgan fingerprint density at radius 2 is 2.06 bits per heavy atom. The summed E-state index contributed by atoms with van der Waals surface area (Å²) >= 11 is 5.68. The topological polar surface area (TPSA) is 29.1 Å². The van der Waals surface area contributed by atoms with Gasteiger partial charge in [0, 0.05) is 17.1 Å². The summed E-state index contributed by atoms with van der Waals surface area (Å²) in [7, 11) is 0. The summed E-state index contributed by atoms with van der Waals surface area (Å²) < 4.78 is 27.9. The minimum absolute atomic E-state index is 0.0121. The van der Waals surface area contributed by atoms with Gasteiger partial charge in [-0.15, -0.1) is 0 Å². The maximum Gasteiger partial charge on any atom is 0.262 e. The Hall–Kier alpha value is -1.16. The van der Waals surface area contributed by atoms with Crippen LogP contribution in [0, 0.1) is 5.82 Å². The molecule has 0 saturated carbocycles. The highest BCUT2D eigenvalue weighted by Gasteiger charge is 2.41. The van der Waals surface area contributed by atoms with Crippen molar-refractivity contribution in [2.45, 2.75) is 24.9 Å². The average Bonchev–Trinajstić information content (AvgIpc) is 2.41. The second-order valence-corrected chi connectivity index (χ2v) is 4.61. The van der Waals surface area contributed by atoms with E-state index in [9.17, 15) is 13.6 Å². The lowest BCUT2D eigenvalue weighted by Gasteiger charge is -2.22. The van der Waals surface area contributed by atoms with Crippen molar-refractivity contribution in [3.8, 4) is 0 Å². The largest absolute Gasteiger partial charge is 0.353 e. The lowest BCUT2D eigenvalue weighted by atomic mass is 9.90. The second-order valence-electron chi connectivity index (χ2n) is 4.17. The van der Waals surface area contributed by atoms with Gasteiger partial charge in [0.05, 0.1) is 0 Å². The van der Waals surface area contributed by atoms with Crippen molar-refractivity contribution in [2.75, 3.05) is 6.54 Å². The van der Waals surface area contributed by atoms with Gasteiger partial charge >= 0.3 is 0 Å². The molecular formula is C12H12ClF2NO. The molecule has 1 fully saturated rings. The summed E-state index contributed by atoms with van der Waals surface area (Å²) in [6, 6.07) is 3.41. The zero-order valence-electron chi connectivity index (χ0n) is 9.10. The first-order valence-corrected chi connectivity index (χ1v) is 5.84. The molecule has 2 rings (SSSR count). The fourth-order valence-electron chi connectivity index (χ4n) is 2.01. The smallest absolute Gasteiger partial charge is 0.262 e. The fourth-order valence-corrected chi connectivity index (χ4v) is 2.23. The lowest BCUT2D eigenvalue weighted by Crippen LogP contribution is -2.39. The number of benzene rings is 1. The zero-order valence-corrected chi connectivity index (χ0v) is 9.86. The van der Waals surface area contributed by atoms with Crippen molar-refractivity contribution < 1.29 is 13.6 Å². The van der Waals surface area contributed by atoms with Crippen molar-refractivity contribution in [1.82, 2.24) is 5.32 Å². The highest BCUT2D eigenvalue weighted by molar-refractivity contribution is 6.30. The van der Waals surface area contributed by atoms with Crippen LogP contribution in [0.25, 0.3) is 0 Å². The highest BCUT2D eigenvalue weighted by atomic mass is 35.5. The monoisotopic (exact) mass is 259 g/mol. The predicted octanol–water partition coefficient (Wildman–Crippen LogP) is 2.94. The second kappa shape index (κ2) is 4.61. The minimum atomic E-state index is -2.18. The first-order chi connectivity index (χ1) is 8.02. The molecule has 1 unspecified atom stereocenters. The zero-order chi connectivity index (χ0) is 12.5. The van der Waals surface area contributed by atoms with E-state index in [2.05, 4.69) is 5.32 Å². The molecule has 0 spiro atoms. The number of carbonyl (C=O) groups excluding carboxylic acids is 1. The molecule has 1 heterocycles. The minimum Gasteiger partial charge on any atom is -0.353 e. The van der Waals surface area contributed by atoms with Crippen LogP contribution in [0.5, 0.6) is 0 Å². The number of nitrogens with one attached hydrogen (secondary N) is 1. The normalized spacial score (nSPS) is 25.2. The van der Waals surface area contributed by atoms with Crippen LogP contribution in [0.1, 0.15) is 24.8 Å². The van der Waals surface area contributed by atoms with E-state index in [1.165, 1.54) is 6.07 Å². The molecule has 1 aliphatic rings. The molecule has 1 N–H and O–H groups in total. The first kappa shape index (κ1) is 12.3.